The summed E-state index contributed by atoms with van der Waals surface area (Å²) in [5.41, 5.74) is 9.73. The summed E-state index contributed by atoms with van der Waals surface area (Å²) in [5.74, 6) is 0. The molecule has 2 unspecified atom stereocenters. The Kier molecular flexibility index (Phi) is 7.49. The first-order chi connectivity index (χ1) is 20.7. The molecule has 0 nitrogen and oxygen atoms in total. The molecule has 212 valence electrons. The van der Waals surface area contributed by atoms with Gasteiger partial charge in [0.15, 0.2) is 0 Å². The van der Waals surface area contributed by atoms with Crippen molar-refractivity contribution in [3.05, 3.63) is 167 Å². The zero-order valence-electron chi connectivity index (χ0n) is 24.6. The summed E-state index contributed by atoms with van der Waals surface area (Å²) in [7, 11) is -2.77. The molecule has 0 spiro atoms. The quantitative estimate of drug-likeness (QED) is 0.237. The van der Waals surface area contributed by atoms with Crippen LogP contribution in [-0.2, 0) is 22.9 Å². The average molecular weight is 788 g/mol. The van der Waals surface area contributed by atoms with Crippen molar-refractivity contribution in [3.63, 3.8) is 0 Å². The Morgan fingerprint density at radius 1 is 0.455 bits per heavy atom. The van der Waals surface area contributed by atoms with Gasteiger partial charge >= 0.3 is 261 Å². The van der Waals surface area contributed by atoms with Gasteiger partial charge in [0.1, 0.15) is 0 Å². The molecule has 4 bridgehead atoms. The SMILES string of the molecule is CC1=C2c3c(ccc4ccccc34)[CH]1[Hf+2][CH]1C(C)=C(c3c1ccc1ccccc31)[Si]2(c1ccccc1)c1ccccc1.[Cl-].[Cl-]. The maximum absolute atomic E-state index is 2.77. The summed E-state index contributed by atoms with van der Waals surface area (Å²) in [5, 5.41) is 12.0. The fourth-order valence-electron chi connectivity index (χ4n) is 8.57. The van der Waals surface area contributed by atoms with Crippen LogP contribution in [0.5, 0.6) is 0 Å². The number of halogens is 2. The second-order valence-electron chi connectivity index (χ2n) is 12.1. The van der Waals surface area contributed by atoms with Crippen LogP contribution >= 0.6 is 0 Å². The van der Waals surface area contributed by atoms with Crippen LogP contribution in [0.3, 0.4) is 0 Å². The topological polar surface area (TPSA) is 0 Å². The van der Waals surface area contributed by atoms with E-state index in [9.17, 15) is 0 Å². The Bertz CT molecular complexity index is 1990. The number of allylic oxidation sites excluding steroid dienone is 2. The normalized spacial score (nSPS) is 18.8. The van der Waals surface area contributed by atoms with Gasteiger partial charge in [0, 0.05) is 0 Å². The third-order valence-electron chi connectivity index (χ3n) is 10.2. The molecule has 0 saturated heterocycles. The van der Waals surface area contributed by atoms with E-state index in [1.54, 1.807) is 43.8 Å². The molecule has 6 aromatic carbocycles. The number of rotatable bonds is 2. The molecule has 0 fully saturated rings. The smallest absolute Gasteiger partial charge is 1.00 e. The third-order valence-corrected chi connectivity index (χ3v) is 23.1. The van der Waals surface area contributed by atoms with E-state index in [4.69, 9.17) is 0 Å². The summed E-state index contributed by atoms with van der Waals surface area (Å²) in [6.45, 7) is 5.05. The van der Waals surface area contributed by atoms with E-state index >= 15 is 0 Å². The van der Waals surface area contributed by atoms with Gasteiger partial charge < -0.3 is 24.8 Å². The van der Waals surface area contributed by atoms with Crippen molar-refractivity contribution in [2.24, 2.45) is 0 Å². The van der Waals surface area contributed by atoms with Crippen LogP contribution in [-0.4, -0.2) is 8.07 Å². The van der Waals surface area contributed by atoms with Gasteiger partial charge in [0.25, 0.3) is 0 Å². The van der Waals surface area contributed by atoms with Crippen LogP contribution < -0.4 is 35.2 Å². The molecule has 3 aliphatic rings. The molecule has 6 aromatic rings. The van der Waals surface area contributed by atoms with Gasteiger partial charge in [-0.05, 0) is 0 Å². The van der Waals surface area contributed by atoms with Crippen molar-refractivity contribution >= 4 is 50.4 Å². The summed E-state index contributed by atoms with van der Waals surface area (Å²) in [6.07, 6.45) is 0. The predicted octanol–water partition coefficient (Wildman–Crippen LogP) is 2.80. The zero-order chi connectivity index (χ0) is 28.0. The maximum Gasteiger partial charge on any atom is -1.00 e. The first-order valence-electron chi connectivity index (χ1n) is 15.0. The summed E-state index contributed by atoms with van der Waals surface area (Å²) >= 11 is -1.27. The van der Waals surface area contributed by atoms with Crippen molar-refractivity contribution in [2.75, 3.05) is 0 Å². The monoisotopic (exact) mass is 788 g/mol. The third kappa shape index (κ3) is 3.84. The van der Waals surface area contributed by atoms with Crippen molar-refractivity contribution in [3.8, 4) is 0 Å². The Labute approximate surface area is 284 Å². The molecular weight excluding hydrogens is 758 g/mol. The fourth-order valence-corrected chi connectivity index (χ4v) is 22.6. The predicted molar refractivity (Wildman–Crippen MR) is 176 cm³/mol. The second kappa shape index (κ2) is 11.1. The maximum atomic E-state index is 2.53. The molecule has 0 saturated carbocycles. The van der Waals surface area contributed by atoms with Gasteiger partial charge in [0.2, 0.25) is 0 Å². The summed E-state index contributed by atoms with van der Waals surface area (Å²) in [4.78, 5) is 0. The minimum Gasteiger partial charge on any atom is -1.00 e. The van der Waals surface area contributed by atoms with Crippen molar-refractivity contribution in [1.82, 2.24) is 0 Å². The van der Waals surface area contributed by atoms with Gasteiger partial charge in [-0.1, -0.05) is 0 Å². The first-order valence-corrected chi connectivity index (χ1v) is 21.2. The number of benzene rings is 6. The van der Waals surface area contributed by atoms with E-state index in [0.29, 0.717) is 7.35 Å². The van der Waals surface area contributed by atoms with Crippen molar-refractivity contribution in [1.29, 1.82) is 0 Å². The van der Waals surface area contributed by atoms with Crippen molar-refractivity contribution < 1.29 is 47.7 Å². The van der Waals surface area contributed by atoms with E-state index < -0.39 is 31.0 Å². The molecule has 0 aromatic heterocycles. The van der Waals surface area contributed by atoms with E-state index in [-0.39, 0.29) is 24.8 Å². The van der Waals surface area contributed by atoms with Crippen LogP contribution in [0, 0.1) is 0 Å². The first kappa shape index (κ1) is 29.7. The van der Waals surface area contributed by atoms with Gasteiger partial charge in [-0.3, -0.25) is 0 Å². The van der Waals surface area contributed by atoms with Gasteiger partial charge in [-0.25, -0.2) is 0 Å². The molecular formula is C40H30Cl2HfSi. The summed E-state index contributed by atoms with van der Waals surface area (Å²) in [6, 6.07) is 51.5. The Balaban J connectivity index is 0.00000156. The molecule has 44 heavy (non-hydrogen) atoms. The molecule has 4 heteroatoms. The molecule has 0 N–H and O–H groups in total. The Morgan fingerprint density at radius 3 is 1.27 bits per heavy atom. The average Bonchev–Trinajstić information content (AvgIpc) is 3.52. The minimum atomic E-state index is -2.77. The molecule has 9 rings (SSSR count). The van der Waals surface area contributed by atoms with E-state index in [1.165, 1.54) is 31.9 Å². The number of hydrogen-bond donors (Lipinski definition) is 0. The van der Waals surface area contributed by atoms with Crippen LogP contribution in [0.1, 0.15) is 43.5 Å². The van der Waals surface area contributed by atoms with Crippen LogP contribution in [0.15, 0.2) is 145 Å². The second-order valence-corrected chi connectivity index (χ2v) is 21.1. The molecule has 1 aliphatic heterocycles. The fraction of sp³-hybridized carbons (Fsp3) is 0.100. The molecule has 0 amide bonds. The number of hydrogen-bond acceptors (Lipinski definition) is 0. The largest absolute Gasteiger partial charge is 1.00 e. The van der Waals surface area contributed by atoms with Crippen LogP contribution in [0.25, 0.3) is 31.9 Å². The standard InChI is InChI=1S/C40H30Si.2ClH.Hf/c1-27-25-31-23-21-29-13-9-11-19-35(29)37(31)39(27)41(33-15-5-3-6-16-33,34-17-7-4-8-18-34)40-28(2)26-32-24-22-30-14-10-12-20-36(30)38(32)40;;;/h3-26H,1-2H3;2*1H;/q;;;+2/p-2. The van der Waals surface area contributed by atoms with Gasteiger partial charge in [-0.15, -0.1) is 0 Å². The van der Waals surface area contributed by atoms with E-state index in [2.05, 4.69) is 147 Å². The Hall–Kier alpha value is -3.01. The van der Waals surface area contributed by atoms with Gasteiger partial charge in [-0.2, -0.15) is 0 Å². The Morgan fingerprint density at radius 2 is 0.841 bits per heavy atom. The van der Waals surface area contributed by atoms with Gasteiger partial charge in [0.05, 0.1) is 0 Å². The minimum absolute atomic E-state index is 0. The molecule has 0 radical (unpaired) electrons. The molecule has 2 atom stereocenters. The van der Waals surface area contributed by atoms with E-state index in [1.807, 2.05) is 0 Å². The molecule has 1 heterocycles. The summed E-state index contributed by atoms with van der Waals surface area (Å²) < 4.78 is 1.22. The van der Waals surface area contributed by atoms with Crippen LogP contribution in [0.2, 0.25) is 0 Å². The van der Waals surface area contributed by atoms with E-state index in [0.717, 1.165) is 0 Å². The molecule has 2 aliphatic carbocycles. The van der Waals surface area contributed by atoms with Crippen molar-refractivity contribution in [2.45, 2.75) is 21.2 Å². The number of fused-ring (bicyclic) bond motifs is 12. The zero-order valence-corrected chi connectivity index (χ0v) is 30.7. The van der Waals surface area contributed by atoms with Crippen LogP contribution in [0.4, 0.5) is 0 Å².